The molecule has 1 aliphatic rings. The zero-order chi connectivity index (χ0) is 26.5. The lowest BCUT2D eigenvalue weighted by Crippen LogP contribution is -2.33. The lowest BCUT2D eigenvalue weighted by Gasteiger charge is -2.29. The Morgan fingerprint density at radius 3 is 2.08 bits per heavy atom. The van der Waals surface area contributed by atoms with Crippen LogP contribution in [0.4, 0.5) is 0 Å². The van der Waals surface area contributed by atoms with Crippen LogP contribution in [0.5, 0.6) is 5.75 Å². The fraction of sp³-hybridized carbons (Fsp3) is 0.633. The number of aromatic nitrogens is 1. The molecule has 198 valence electrons. The Balaban J connectivity index is 1.70. The summed E-state index contributed by atoms with van der Waals surface area (Å²) in [7, 11) is 0. The molecule has 1 saturated heterocycles. The first-order valence-corrected chi connectivity index (χ1v) is 14.1. The highest BCUT2D eigenvalue weighted by Crippen LogP contribution is 2.42. The SMILES string of the molecule is CCOC(C#CCN1CCC(c2nc(-c3cc(C(C)(C)C)c(O)c(C(C)(C)C)c3)cs2)CC1)OCC. The van der Waals surface area contributed by atoms with Gasteiger partial charge in [-0.25, -0.2) is 4.98 Å². The zero-order valence-electron chi connectivity index (χ0n) is 23.4. The molecule has 0 spiro atoms. The number of phenolic OH excluding ortho intramolecular Hbond substituents is 1. The maximum Gasteiger partial charge on any atom is 0.222 e. The van der Waals surface area contributed by atoms with E-state index in [0.29, 0.717) is 24.9 Å². The summed E-state index contributed by atoms with van der Waals surface area (Å²) in [6.07, 6.45) is 1.75. The van der Waals surface area contributed by atoms with Gasteiger partial charge in [-0.3, -0.25) is 4.90 Å². The molecule has 0 bridgehead atoms. The molecule has 0 radical (unpaired) electrons. The van der Waals surface area contributed by atoms with Gasteiger partial charge in [0.15, 0.2) is 0 Å². The number of nitrogens with zero attached hydrogens (tertiary/aromatic N) is 2. The third-order valence-electron chi connectivity index (χ3n) is 6.64. The summed E-state index contributed by atoms with van der Waals surface area (Å²) in [4.78, 5) is 7.49. The van der Waals surface area contributed by atoms with E-state index in [-0.39, 0.29) is 10.8 Å². The topological polar surface area (TPSA) is 54.8 Å². The molecule has 1 aromatic carbocycles. The van der Waals surface area contributed by atoms with Gasteiger partial charge in [0, 0.05) is 41.2 Å². The number of hydrogen-bond donors (Lipinski definition) is 1. The summed E-state index contributed by atoms with van der Waals surface area (Å²) in [6, 6.07) is 4.25. The number of benzene rings is 1. The van der Waals surface area contributed by atoms with E-state index in [1.807, 2.05) is 13.8 Å². The number of aromatic hydroxyl groups is 1. The fourth-order valence-electron chi connectivity index (χ4n) is 4.55. The Morgan fingerprint density at radius 2 is 1.58 bits per heavy atom. The second kappa shape index (κ2) is 12.1. The molecule has 1 aromatic heterocycles. The molecule has 1 aliphatic heterocycles. The van der Waals surface area contributed by atoms with E-state index in [1.54, 1.807) is 11.3 Å². The van der Waals surface area contributed by atoms with Crippen molar-refractivity contribution in [1.82, 2.24) is 9.88 Å². The highest BCUT2D eigenvalue weighted by molar-refractivity contribution is 7.10. The van der Waals surface area contributed by atoms with Gasteiger partial charge in [-0.2, -0.15) is 0 Å². The average molecular weight is 513 g/mol. The minimum absolute atomic E-state index is 0.153. The number of likely N-dealkylation sites (tertiary alicyclic amines) is 1. The Bertz CT molecular complexity index is 1020. The van der Waals surface area contributed by atoms with Crippen LogP contribution >= 0.6 is 11.3 Å². The predicted molar refractivity (Wildman–Crippen MR) is 150 cm³/mol. The van der Waals surface area contributed by atoms with Gasteiger partial charge in [0.2, 0.25) is 6.29 Å². The minimum Gasteiger partial charge on any atom is -0.507 e. The molecule has 5 nitrogen and oxygen atoms in total. The number of piperidine rings is 1. The standard InChI is InChI=1S/C30H44N2O3S/c1-9-34-26(35-10-2)12-11-15-32-16-13-21(14-17-32)28-31-25(20-36-28)22-18-23(29(3,4)5)27(33)24(19-22)30(6,7)8/h18-21,26,33H,9-10,13-17H2,1-8H3. The van der Waals surface area contributed by atoms with Gasteiger partial charge in [0.25, 0.3) is 0 Å². The Morgan fingerprint density at radius 1 is 1.03 bits per heavy atom. The molecule has 0 aliphatic carbocycles. The van der Waals surface area contributed by atoms with E-state index in [2.05, 4.69) is 75.8 Å². The summed E-state index contributed by atoms with van der Waals surface area (Å²) in [6.45, 7) is 20.8. The molecule has 1 fully saturated rings. The zero-order valence-corrected chi connectivity index (χ0v) is 24.2. The van der Waals surface area contributed by atoms with Crippen LogP contribution in [0.2, 0.25) is 0 Å². The van der Waals surface area contributed by atoms with Crippen LogP contribution in [0.1, 0.15) is 90.3 Å². The Kier molecular flexibility index (Phi) is 9.62. The van der Waals surface area contributed by atoms with Crippen molar-refractivity contribution in [2.75, 3.05) is 32.8 Å². The summed E-state index contributed by atoms with van der Waals surface area (Å²) >= 11 is 1.76. The van der Waals surface area contributed by atoms with E-state index < -0.39 is 6.29 Å². The molecule has 0 atom stereocenters. The third kappa shape index (κ3) is 7.32. The first kappa shape index (κ1) is 28.7. The fourth-order valence-corrected chi connectivity index (χ4v) is 5.55. The van der Waals surface area contributed by atoms with Gasteiger partial charge in [-0.1, -0.05) is 47.5 Å². The smallest absolute Gasteiger partial charge is 0.222 e. The highest BCUT2D eigenvalue weighted by atomic mass is 32.1. The van der Waals surface area contributed by atoms with Crippen molar-refractivity contribution >= 4 is 11.3 Å². The van der Waals surface area contributed by atoms with E-state index in [9.17, 15) is 5.11 Å². The van der Waals surface area contributed by atoms with Gasteiger partial charge in [-0.15, -0.1) is 11.3 Å². The van der Waals surface area contributed by atoms with E-state index in [0.717, 1.165) is 54.9 Å². The monoisotopic (exact) mass is 512 g/mol. The van der Waals surface area contributed by atoms with Crippen LogP contribution in [-0.4, -0.2) is 54.1 Å². The molecule has 3 rings (SSSR count). The van der Waals surface area contributed by atoms with Gasteiger partial charge < -0.3 is 14.6 Å². The van der Waals surface area contributed by atoms with Gasteiger partial charge in [-0.05, 0) is 68.7 Å². The predicted octanol–water partition coefficient (Wildman–Crippen LogP) is 6.69. The summed E-state index contributed by atoms with van der Waals surface area (Å²) in [5.41, 5.74) is 3.75. The number of thiazole rings is 1. The van der Waals surface area contributed by atoms with Crippen molar-refractivity contribution in [3.8, 4) is 28.8 Å². The van der Waals surface area contributed by atoms with Crippen molar-refractivity contribution in [1.29, 1.82) is 0 Å². The van der Waals surface area contributed by atoms with E-state index in [4.69, 9.17) is 14.5 Å². The van der Waals surface area contributed by atoms with Crippen molar-refractivity contribution in [3.05, 3.63) is 33.6 Å². The van der Waals surface area contributed by atoms with Crippen LogP contribution in [0.3, 0.4) is 0 Å². The molecule has 1 N–H and O–H groups in total. The van der Waals surface area contributed by atoms with E-state index in [1.165, 1.54) is 5.01 Å². The van der Waals surface area contributed by atoms with Crippen molar-refractivity contribution in [3.63, 3.8) is 0 Å². The van der Waals surface area contributed by atoms with Crippen LogP contribution in [0.25, 0.3) is 11.3 Å². The van der Waals surface area contributed by atoms with Crippen LogP contribution in [0, 0.1) is 11.8 Å². The van der Waals surface area contributed by atoms with Gasteiger partial charge in [0.1, 0.15) is 5.75 Å². The summed E-state index contributed by atoms with van der Waals surface area (Å²) in [5.74, 6) is 7.24. The molecular weight excluding hydrogens is 468 g/mol. The first-order valence-electron chi connectivity index (χ1n) is 13.2. The first-order chi connectivity index (χ1) is 16.9. The van der Waals surface area contributed by atoms with Crippen LogP contribution in [-0.2, 0) is 20.3 Å². The number of ether oxygens (including phenoxy) is 2. The van der Waals surface area contributed by atoms with Crippen LogP contribution < -0.4 is 0 Å². The van der Waals surface area contributed by atoms with Crippen LogP contribution in [0.15, 0.2) is 17.5 Å². The summed E-state index contributed by atoms with van der Waals surface area (Å²) in [5, 5.41) is 14.5. The molecule has 2 heterocycles. The van der Waals surface area contributed by atoms with E-state index >= 15 is 0 Å². The lowest BCUT2D eigenvalue weighted by molar-refractivity contribution is -0.0970. The largest absolute Gasteiger partial charge is 0.507 e. The van der Waals surface area contributed by atoms with Crippen molar-refractivity contribution < 1.29 is 14.6 Å². The molecule has 0 amide bonds. The highest BCUT2D eigenvalue weighted by Gasteiger charge is 2.28. The molecular formula is C30H44N2O3S. The van der Waals surface area contributed by atoms with Gasteiger partial charge in [0.05, 0.1) is 17.2 Å². The molecule has 36 heavy (non-hydrogen) atoms. The Labute approximate surface area is 222 Å². The van der Waals surface area contributed by atoms with Gasteiger partial charge >= 0.3 is 0 Å². The minimum atomic E-state index is -0.427. The third-order valence-corrected chi connectivity index (χ3v) is 7.65. The number of hydrogen-bond acceptors (Lipinski definition) is 6. The molecule has 0 saturated carbocycles. The number of rotatable bonds is 7. The molecule has 0 unspecified atom stereocenters. The van der Waals surface area contributed by atoms with Crippen molar-refractivity contribution in [2.24, 2.45) is 0 Å². The quantitative estimate of drug-likeness (QED) is 0.331. The maximum absolute atomic E-state index is 11.1. The lowest BCUT2D eigenvalue weighted by atomic mass is 9.78. The molecule has 2 aromatic rings. The maximum atomic E-state index is 11.1. The summed E-state index contributed by atoms with van der Waals surface area (Å²) < 4.78 is 11.0. The van der Waals surface area contributed by atoms with Crippen molar-refractivity contribution in [2.45, 2.75) is 91.3 Å². The molecule has 6 heteroatoms. The number of phenols is 1. The second-order valence-electron chi connectivity index (χ2n) is 11.6. The average Bonchev–Trinajstić information content (AvgIpc) is 3.29. The normalized spacial score (nSPS) is 15.8. The second-order valence-corrected chi connectivity index (χ2v) is 12.5. The Hall–Kier alpha value is -1.91.